The van der Waals surface area contributed by atoms with E-state index in [1.165, 1.54) is 0 Å². The predicted octanol–water partition coefficient (Wildman–Crippen LogP) is 2.34. The fourth-order valence-corrected chi connectivity index (χ4v) is 2.11. The summed E-state index contributed by atoms with van der Waals surface area (Å²) in [6.45, 7) is 0. The highest BCUT2D eigenvalue weighted by molar-refractivity contribution is 5.01. The van der Waals surface area contributed by atoms with Gasteiger partial charge in [-0.15, -0.1) is 0 Å². The third-order valence-electron chi connectivity index (χ3n) is 3.24. The Kier molecular flexibility index (Phi) is 1.69. The van der Waals surface area contributed by atoms with Gasteiger partial charge < -0.3 is 5.11 Å². The first kappa shape index (κ1) is 8.42. The van der Waals surface area contributed by atoms with Gasteiger partial charge in [-0.1, -0.05) is 0 Å². The van der Waals surface area contributed by atoms with Crippen molar-refractivity contribution in [3.8, 4) is 0 Å². The Bertz CT molecular complexity index is 177. The summed E-state index contributed by atoms with van der Waals surface area (Å²) < 4.78 is 25.4. The number of halogens is 2. The first-order valence-electron chi connectivity index (χ1n) is 4.62. The summed E-state index contributed by atoms with van der Waals surface area (Å²) in [5, 5.41) is 9.68. The van der Waals surface area contributed by atoms with Crippen LogP contribution in [0.15, 0.2) is 0 Å². The Labute approximate surface area is 70.8 Å². The van der Waals surface area contributed by atoms with Gasteiger partial charge in [0.1, 0.15) is 0 Å². The molecule has 0 unspecified atom stereocenters. The number of alkyl halides is 2. The number of rotatable bonds is 1. The first-order chi connectivity index (χ1) is 5.52. The lowest BCUT2D eigenvalue weighted by atomic mass is 9.82. The van der Waals surface area contributed by atoms with E-state index in [0.717, 1.165) is 12.8 Å². The van der Waals surface area contributed by atoms with Crippen LogP contribution >= 0.6 is 0 Å². The van der Waals surface area contributed by atoms with Crippen molar-refractivity contribution in [1.82, 2.24) is 0 Å². The van der Waals surface area contributed by atoms with Gasteiger partial charge >= 0.3 is 0 Å². The molecule has 2 fully saturated rings. The zero-order valence-corrected chi connectivity index (χ0v) is 7.02. The Hall–Kier alpha value is -0.180. The Balaban J connectivity index is 1.90. The zero-order chi connectivity index (χ0) is 8.82. The van der Waals surface area contributed by atoms with Gasteiger partial charge in [-0.2, -0.15) is 0 Å². The number of hydrogen-bond donors (Lipinski definition) is 1. The molecule has 0 aliphatic heterocycles. The maximum atomic E-state index is 12.7. The van der Waals surface area contributed by atoms with E-state index in [2.05, 4.69) is 0 Å². The van der Waals surface area contributed by atoms with Crippen molar-refractivity contribution in [3.05, 3.63) is 0 Å². The van der Waals surface area contributed by atoms with Crippen molar-refractivity contribution in [2.24, 2.45) is 5.92 Å². The second-order valence-electron chi connectivity index (χ2n) is 4.23. The topological polar surface area (TPSA) is 20.2 Å². The normalized spacial score (nSPS) is 33.2. The van der Waals surface area contributed by atoms with E-state index in [1.807, 2.05) is 0 Å². The van der Waals surface area contributed by atoms with E-state index in [4.69, 9.17) is 0 Å². The third-order valence-corrected chi connectivity index (χ3v) is 3.24. The van der Waals surface area contributed by atoms with Crippen LogP contribution in [-0.2, 0) is 0 Å². The van der Waals surface area contributed by atoms with Crippen LogP contribution in [0.1, 0.15) is 38.5 Å². The molecular weight excluding hydrogens is 162 g/mol. The zero-order valence-electron chi connectivity index (χ0n) is 7.02. The summed E-state index contributed by atoms with van der Waals surface area (Å²) in [5.41, 5.74) is -0.545. The molecule has 2 rings (SSSR count). The minimum atomic E-state index is -2.46. The van der Waals surface area contributed by atoms with Gasteiger partial charge in [-0.05, 0) is 31.6 Å². The van der Waals surface area contributed by atoms with Gasteiger partial charge in [0.15, 0.2) is 0 Å². The number of hydrogen-bond acceptors (Lipinski definition) is 1. The molecule has 2 aliphatic rings. The quantitative estimate of drug-likeness (QED) is 0.650. The SMILES string of the molecule is OC1(C2CCC(F)(F)CC2)CC1. The average Bonchev–Trinajstić information content (AvgIpc) is 2.68. The molecule has 1 N–H and O–H groups in total. The molecule has 0 amide bonds. The van der Waals surface area contributed by atoms with Crippen LogP contribution in [0.2, 0.25) is 0 Å². The van der Waals surface area contributed by atoms with Crippen molar-refractivity contribution in [3.63, 3.8) is 0 Å². The van der Waals surface area contributed by atoms with Crippen molar-refractivity contribution < 1.29 is 13.9 Å². The van der Waals surface area contributed by atoms with Gasteiger partial charge in [0.25, 0.3) is 0 Å². The van der Waals surface area contributed by atoms with E-state index >= 15 is 0 Å². The van der Waals surface area contributed by atoms with Crippen LogP contribution in [0.25, 0.3) is 0 Å². The first-order valence-corrected chi connectivity index (χ1v) is 4.62. The van der Waals surface area contributed by atoms with E-state index in [-0.39, 0.29) is 18.8 Å². The van der Waals surface area contributed by atoms with Gasteiger partial charge in [-0.25, -0.2) is 8.78 Å². The molecule has 1 nitrogen and oxygen atoms in total. The molecule has 0 heterocycles. The highest BCUT2D eigenvalue weighted by Gasteiger charge is 2.50. The fourth-order valence-electron chi connectivity index (χ4n) is 2.11. The van der Waals surface area contributed by atoms with Crippen LogP contribution in [0, 0.1) is 5.92 Å². The van der Waals surface area contributed by atoms with Crippen LogP contribution in [0.5, 0.6) is 0 Å². The third kappa shape index (κ3) is 1.47. The molecule has 2 saturated carbocycles. The molecule has 0 spiro atoms. The smallest absolute Gasteiger partial charge is 0.248 e. The maximum Gasteiger partial charge on any atom is 0.248 e. The minimum absolute atomic E-state index is 0.0278. The van der Waals surface area contributed by atoms with Crippen molar-refractivity contribution in [2.75, 3.05) is 0 Å². The Morgan fingerprint density at radius 1 is 1.00 bits per heavy atom. The summed E-state index contributed by atoms with van der Waals surface area (Å²) >= 11 is 0. The molecule has 0 radical (unpaired) electrons. The monoisotopic (exact) mass is 176 g/mol. The fraction of sp³-hybridized carbons (Fsp3) is 1.00. The largest absolute Gasteiger partial charge is 0.390 e. The standard InChI is InChI=1S/C9H14F2O/c10-9(11)3-1-7(2-4-9)8(12)5-6-8/h7,12H,1-6H2. The maximum absolute atomic E-state index is 12.7. The second-order valence-corrected chi connectivity index (χ2v) is 4.23. The molecule has 3 heteroatoms. The highest BCUT2D eigenvalue weighted by Crippen LogP contribution is 2.50. The lowest BCUT2D eigenvalue weighted by Crippen LogP contribution is -2.32. The van der Waals surface area contributed by atoms with E-state index in [9.17, 15) is 13.9 Å². The molecule has 12 heavy (non-hydrogen) atoms. The summed E-state index contributed by atoms with van der Waals surface area (Å²) in [5.74, 6) is -2.31. The second kappa shape index (κ2) is 2.41. The molecule has 0 bridgehead atoms. The summed E-state index contributed by atoms with van der Waals surface area (Å²) in [6, 6.07) is 0. The number of aliphatic hydroxyl groups is 1. The van der Waals surface area contributed by atoms with Gasteiger partial charge in [0.2, 0.25) is 5.92 Å². The van der Waals surface area contributed by atoms with Crippen molar-refractivity contribution in [1.29, 1.82) is 0 Å². The molecule has 70 valence electrons. The van der Waals surface area contributed by atoms with E-state index in [0.29, 0.717) is 12.8 Å². The lowest BCUT2D eigenvalue weighted by Gasteiger charge is -2.31. The summed E-state index contributed by atoms with van der Waals surface area (Å²) in [7, 11) is 0. The van der Waals surface area contributed by atoms with Crippen LogP contribution in [0.4, 0.5) is 8.78 Å². The van der Waals surface area contributed by atoms with Gasteiger partial charge in [0, 0.05) is 12.8 Å². The molecule has 0 saturated heterocycles. The van der Waals surface area contributed by atoms with Gasteiger partial charge in [-0.3, -0.25) is 0 Å². The van der Waals surface area contributed by atoms with Crippen molar-refractivity contribution >= 4 is 0 Å². The Morgan fingerprint density at radius 2 is 1.50 bits per heavy atom. The van der Waals surface area contributed by atoms with Crippen LogP contribution < -0.4 is 0 Å². The van der Waals surface area contributed by atoms with Gasteiger partial charge in [0.05, 0.1) is 5.60 Å². The molecule has 2 aliphatic carbocycles. The van der Waals surface area contributed by atoms with Crippen LogP contribution in [0.3, 0.4) is 0 Å². The van der Waals surface area contributed by atoms with Crippen LogP contribution in [-0.4, -0.2) is 16.6 Å². The molecule has 0 aromatic heterocycles. The average molecular weight is 176 g/mol. The molecule has 0 aromatic rings. The molecule has 0 atom stereocenters. The van der Waals surface area contributed by atoms with E-state index in [1.54, 1.807) is 0 Å². The Morgan fingerprint density at radius 3 is 1.92 bits per heavy atom. The predicted molar refractivity (Wildman–Crippen MR) is 41.1 cm³/mol. The summed E-state index contributed by atoms with van der Waals surface area (Å²) in [4.78, 5) is 0. The lowest BCUT2D eigenvalue weighted by molar-refractivity contribution is -0.0668. The van der Waals surface area contributed by atoms with Crippen molar-refractivity contribution in [2.45, 2.75) is 50.0 Å². The molecule has 0 aromatic carbocycles. The molecular formula is C9H14F2O. The summed E-state index contributed by atoms with van der Waals surface area (Å²) in [6.07, 6.45) is 2.60. The minimum Gasteiger partial charge on any atom is -0.390 e. The van der Waals surface area contributed by atoms with E-state index < -0.39 is 11.5 Å². The highest BCUT2D eigenvalue weighted by atomic mass is 19.3.